The van der Waals surface area contributed by atoms with Crippen molar-refractivity contribution >= 4 is 60.5 Å². The van der Waals surface area contributed by atoms with Crippen LogP contribution in [0.4, 0.5) is 17.1 Å². The van der Waals surface area contributed by atoms with Crippen LogP contribution in [-0.4, -0.2) is 0 Å². The lowest BCUT2D eigenvalue weighted by molar-refractivity contribution is 0.442. The molecule has 2 nitrogen and oxygen atoms in total. The molecule has 0 radical (unpaired) electrons. The Morgan fingerprint density at radius 2 is 0.877 bits per heavy atom. The SMILES string of the molecule is Cc1ccc(N(c2c3ccccc3c(-c3ccc4c(c3)-c3ccccc3-c3ccccc3-c3ccccc3-4)c3ccccc23)c2cccc3c2oc2c(C4CCCCC4)cccc23)cc1. The average molecular weight is 834 g/mol. The molecule has 1 aromatic heterocycles. The highest BCUT2D eigenvalue weighted by Gasteiger charge is 2.28. The van der Waals surface area contributed by atoms with Crippen LogP contribution in [0.15, 0.2) is 205 Å². The van der Waals surface area contributed by atoms with Crippen LogP contribution >= 0.6 is 0 Å². The summed E-state index contributed by atoms with van der Waals surface area (Å²) in [7, 11) is 0. The Kier molecular flexibility index (Phi) is 8.88. The molecule has 1 saturated carbocycles. The van der Waals surface area contributed by atoms with Gasteiger partial charge >= 0.3 is 0 Å². The van der Waals surface area contributed by atoms with Gasteiger partial charge < -0.3 is 9.32 Å². The van der Waals surface area contributed by atoms with Gasteiger partial charge in [-0.1, -0.05) is 201 Å². The van der Waals surface area contributed by atoms with Crippen molar-refractivity contribution in [3.8, 4) is 55.6 Å². The normalized spacial score (nSPS) is 13.6. The number of para-hydroxylation sites is 2. The summed E-state index contributed by atoms with van der Waals surface area (Å²) in [5, 5.41) is 7.14. The van der Waals surface area contributed by atoms with Crippen molar-refractivity contribution in [3.05, 3.63) is 211 Å². The molecule has 310 valence electrons. The van der Waals surface area contributed by atoms with Gasteiger partial charge in [-0.3, -0.25) is 0 Å². The van der Waals surface area contributed by atoms with E-state index in [1.54, 1.807) is 0 Å². The van der Waals surface area contributed by atoms with Gasteiger partial charge in [-0.2, -0.15) is 0 Å². The molecule has 11 aromatic rings. The number of aryl methyl sites for hydroxylation is 1. The first-order chi connectivity index (χ1) is 32.2. The highest BCUT2D eigenvalue weighted by Crippen LogP contribution is 2.53. The van der Waals surface area contributed by atoms with Crippen LogP contribution in [0.1, 0.15) is 49.1 Å². The molecule has 0 aliphatic heterocycles. The zero-order chi connectivity index (χ0) is 43.0. The Morgan fingerprint density at radius 1 is 0.400 bits per heavy atom. The zero-order valence-electron chi connectivity index (χ0n) is 36.5. The smallest absolute Gasteiger partial charge is 0.159 e. The van der Waals surface area contributed by atoms with Gasteiger partial charge in [-0.15, -0.1) is 0 Å². The summed E-state index contributed by atoms with van der Waals surface area (Å²) in [6, 6.07) is 74.5. The first-order valence-corrected chi connectivity index (χ1v) is 23.4. The van der Waals surface area contributed by atoms with Gasteiger partial charge in [0.05, 0.1) is 11.4 Å². The second-order valence-electron chi connectivity index (χ2n) is 18.2. The highest BCUT2D eigenvalue weighted by molar-refractivity contribution is 6.24. The molecule has 0 spiro atoms. The molecule has 0 saturated heterocycles. The molecule has 2 heteroatoms. The molecule has 0 N–H and O–H groups in total. The van der Waals surface area contributed by atoms with Crippen molar-refractivity contribution < 1.29 is 4.42 Å². The largest absolute Gasteiger partial charge is 0.454 e. The number of furan rings is 1. The minimum Gasteiger partial charge on any atom is -0.454 e. The molecule has 2 aliphatic rings. The van der Waals surface area contributed by atoms with Crippen LogP contribution < -0.4 is 4.90 Å². The van der Waals surface area contributed by atoms with E-state index in [0.717, 1.165) is 33.6 Å². The van der Waals surface area contributed by atoms with Gasteiger partial charge in [0, 0.05) is 27.2 Å². The maximum Gasteiger partial charge on any atom is 0.159 e. The second-order valence-corrected chi connectivity index (χ2v) is 18.2. The fraction of sp³-hybridized carbons (Fsp3) is 0.111. The summed E-state index contributed by atoms with van der Waals surface area (Å²) in [6.07, 6.45) is 6.34. The number of nitrogens with zero attached hydrogens (tertiary/aromatic N) is 1. The molecule has 2 aliphatic carbocycles. The van der Waals surface area contributed by atoms with E-state index >= 15 is 0 Å². The van der Waals surface area contributed by atoms with E-state index in [2.05, 4.69) is 212 Å². The monoisotopic (exact) mass is 833 g/mol. The zero-order valence-corrected chi connectivity index (χ0v) is 36.5. The number of rotatable bonds is 5. The maximum atomic E-state index is 7.24. The molecule has 1 fully saturated rings. The topological polar surface area (TPSA) is 16.4 Å². The lowest BCUT2D eigenvalue weighted by Crippen LogP contribution is -2.12. The van der Waals surface area contributed by atoms with Crippen molar-refractivity contribution in [1.82, 2.24) is 0 Å². The van der Waals surface area contributed by atoms with Crippen LogP contribution in [0.25, 0.3) is 99.1 Å². The van der Waals surface area contributed by atoms with E-state index in [-0.39, 0.29) is 0 Å². The molecular formula is C63H47NO. The molecule has 10 aromatic carbocycles. The lowest BCUT2D eigenvalue weighted by atomic mass is 9.79. The van der Waals surface area contributed by atoms with Crippen molar-refractivity contribution in [1.29, 1.82) is 0 Å². The lowest BCUT2D eigenvalue weighted by Gasteiger charge is -2.30. The van der Waals surface area contributed by atoms with Crippen LogP contribution in [0.2, 0.25) is 0 Å². The van der Waals surface area contributed by atoms with E-state index in [1.165, 1.54) is 126 Å². The minimum atomic E-state index is 0.529. The predicted molar refractivity (Wildman–Crippen MR) is 275 cm³/mol. The van der Waals surface area contributed by atoms with E-state index < -0.39 is 0 Å². The van der Waals surface area contributed by atoms with Crippen LogP contribution in [0.3, 0.4) is 0 Å². The minimum absolute atomic E-state index is 0.529. The Morgan fingerprint density at radius 3 is 1.46 bits per heavy atom. The third kappa shape index (κ3) is 6.01. The second kappa shape index (κ2) is 15.2. The molecule has 0 bridgehead atoms. The quantitative estimate of drug-likeness (QED) is 0.161. The molecule has 0 amide bonds. The molecule has 1 heterocycles. The van der Waals surface area contributed by atoms with E-state index in [9.17, 15) is 0 Å². The molecule has 65 heavy (non-hydrogen) atoms. The van der Waals surface area contributed by atoms with E-state index in [1.807, 2.05) is 0 Å². The Labute approximate surface area is 380 Å². The fourth-order valence-corrected chi connectivity index (χ4v) is 11.5. The summed E-state index contributed by atoms with van der Waals surface area (Å²) in [5.41, 5.74) is 20.3. The van der Waals surface area contributed by atoms with Crippen molar-refractivity contribution in [3.63, 3.8) is 0 Å². The Hall–Kier alpha value is -7.68. The number of fused-ring (bicyclic) bond motifs is 13. The number of anilines is 3. The van der Waals surface area contributed by atoms with Gasteiger partial charge in [0.2, 0.25) is 0 Å². The van der Waals surface area contributed by atoms with Gasteiger partial charge in [-0.25, -0.2) is 0 Å². The number of benzene rings is 10. The first-order valence-electron chi connectivity index (χ1n) is 23.4. The van der Waals surface area contributed by atoms with Gasteiger partial charge in [0.15, 0.2) is 5.58 Å². The van der Waals surface area contributed by atoms with Crippen LogP contribution in [-0.2, 0) is 0 Å². The summed E-state index contributed by atoms with van der Waals surface area (Å²) < 4.78 is 7.24. The van der Waals surface area contributed by atoms with Crippen LogP contribution in [0.5, 0.6) is 0 Å². The summed E-state index contributed by atoms with van der Waals surface area (Å²) in [6.45, 7) is 2.17. The van der Waals surface area contributed by atoms with Gasteiger partial charge in [-0.05, 0) is 122 Å². The molecular weight excluding hydrogens is 787 g/mol. The molecule has 0 atom stereocenters. The molecule has 0 unspecified atom stereocenters. The third-order valence-corrected chi connectivity index (χ3v) is 14.5. The highest BCUT2D eigenvalue weighted by atomic mass is 16.3. The van der Waals surface area contributed by atoms with Crippen molar-refractivity contribution in [2.24, 2.45) is 0 Å². The van der Waals surface area contributed by atoms with Crippen molar-refractivity contribution in [2.45, 2.75) is 44.9 Å². The van der Waals surface area contributed by atoms with Crippen molar-refractivity contribution in [2.75, 3.05) is 4.90 Å². The number of hydrogen-bond acceptors (Lipinski definition) is 2. The standard InChI is InChI=1S/C63H47NO/c1-40-33-36-43(37-34-40)64(59-32-16-31-57-56-30-15-29-44(62(56)65-63(57)59)41-17-3-2-4-18-41)61-54-27-13-11-25-52(54)60(53-26-12-14-28-55(53)61)42-35-38-51-49-23-8-7-21-47(49)45-19-5-6-20-46(45)48-22-9-10-24-50(48)58(51)39-42/h5-16,19-39,41H,2-4,17-18H2,1H3. The maximum absolute atomic E-state index is 7.24. The first kappa shape index (κ1) is 37.8. The summed E-state index contributed by atoms with van der Waals surface area (Å²) >= 11 is 0. The Bertz CT molecular complexity index is 3600. The van der Waals surface area contributed by atoms with Crippen LogP contribution in [0, 0.1) is 6.92 Å². The average Bonchev–Trinajstić information content (AvgIpc) is 3.76. The Balaban J connectivity index is 1.08. The van der Waals surface area contributed by atoms with E-state index in [0.29, 0.717) is 5.92 Å². The third-order valence-electron chi connectivity index (χ3n) is 14.5. The fourth-order valence-electron chi connectivity index (χ4n) is 11.5. The van der Waals surface area contributed by atoms with Gasteiger partial charge in [0.25, 0.3) is 0 Å². The predicted octanol–water partition coefficient (Wildman–Crippen LogP) is 18.4. The summed E-state index contributed by atoms with van der Waals surface area (Å²) in [5.74, 6) is 0.529. The summed E-state index contributed by atoms with van der Waals surface area (Å²) in [4.78, 5) is 2.48. The molecule has 13 rings (SSSR count). The number of hydrogen-bond donors (Lipinski definition) is 0. The van der Waals surface area contributed by atoms with Gasteiger partial charge in [0.1, 0.15) is 5.58 Å². The van der Waals surface area contributed by atoms with E-state index in [4.69, 9.17) is 4.42 Å².